The van der Waals surface area contributed by atoms with Crippen molar-refractivity contribution in [3.05, 3.63) is 60.5 Å². The number of rotatable bonds is 2. The second-order valence-corrected chi connectivity index (χ2v) is 5.70. The van der Waals surface area contributed by atoms with Crippen LogP contribution >= 0.6 is 0 Å². The van der Waals surface area contributed by atoms with Crippen molar-refractivity contribution in [1.29, 1.82) is 0 Å². The number of hydrogen-bond donors (Lipinski definition) is 0. The average molecular weight is 308 g/mol. The maximum atomic E-state index is 13.0. The summed E-state index contributed by atoms with van der Waals surface area (Å²) in [5.74, 6) is -0.193. The van der Waals surface area contributed by atoms with Gasteiger partial charge in [-0.15, -0.1) is 0 Å². The van der Waals surface area contributed by atoms with Crippen molar-refractivity contribution < 1.29 is 4.39 Å². The van der Waals surface area contributed by atoms with E-state index in [1.165, 1.54) is 12.1 Å². The summed E-state index contributed by atoms with van der Waals surface area (Å²) in [5, 5.41) is 9.45. The van der Waals surface area contributed by atoms with Crippen LogP contribution in [0.5, 0.6) is 0 Å². The fourth-order valence-electron chi connectivity index (χ4n) is 3.10. The molecule has 1 fully saturated rings. The maximum absolute atomic E-state index is 13.0. The van der Waals surface area contributed by atoms with Crippen LogP contribution in [0.1, 0.15) is 0 Å². The Bertz CT molecular complexity index is 805. The molecule has 116 valence electrons. The highest BCUT2D eigenvalue weighted by Gasteiger charge is 2.19. The predicted octanol–water partition coefficient (Wildman–Crippen LogP) is 3.10. The number of anilines is 2. The third-order valence-corrected chi connectivity index (χ3v) is 4.34. The number of fused-ring (bicyclic) bond motifs is 1. The minimum absolute atomic E-state index is 0.193. The lowest BCUT2D eigenvalue weighted by molar-refractivity contribution is 0.625. The van der Waals surface area contributed by atoms with Gasteiger partial charge in [0.15, 0.2) is 0 Å². The van der Waals surface area contributed by atoms with Crippen molar-refractivity contribution in [2.75, 3.05) is 36.0 Å². The van der Waals surface area contributed by atoms with E-state index in [1.54, 1.807) is 0 Å². The van der Waals surface area contributed by atoms with Crippen molar-refractivity contribution in [2.45, 2.75) is 0 Å². The first kappa shape index (κ1) is 13.9. The van der Waals surface area contributed by atoms with Crippen LogP contribution in [0, 0.1) is 5.82 Å². The van der Waals surface area contributed by atoms with Gasteiger partial charge in [-0.25, -0.2) is 4.39 Å². The summed E-state index contributed by atoms with van der Waals surface area (Å²) in [6.45, 7) is 3.63. The molecule has 2 heterocycles. The van der Waals surface area contributed by atoms with Crippen LogP contribution in [-0.4, -0.2) is 36.4 Å². The Balaban J connectivity index is 1.54. The second kappa shape index (κ2) is 5.83. The van der Waals surface area contributed by atoms with Gasteiger partial charge in [-0.1, -0.05) is 18.2 Å². The van der Waals surface area contributed by atoms with E-state index in [-0.39, 0.29) is 5.82 Å². The van der Waals surface area contributed by atoms with Gasteiger partial charge in [0.1, 0.15) is 5.82 Å². The summed E-state index contributed by atoms with van der Waals surface area (Å²) in [5.41, 5.74) is 3.13. The molecule has 5 heteroatoms. The predicted molar refractivity (Wildman–Crippen MR) is 90.4 cm³/mol. The molecule has 1 aliphatic rings. The molecule has 3 aromatic rings. The van der Waals surface area contributed by atoms with E-state index in [4.69, 9.17) is 0 Å². The number of benzene rings is 2. The standard InChI is InChI=1S/C18H17FN4/c19-14-5-7-15(8-6-14)22-9-11-23(12-10-22)18-13-20-21-17-4-2-1-3-16(17)18/h1-8,13H,9-12H2. The molecule has 1 saturated heterocycles. The topological polar surface area (TPSA) is 32.3 Å². The maximum Gasteiger partial charge on any atom is 0.123 e. The normalized spacial score (nSPS) is 15.2. The summed E-state index contributed by atoms with van der Waals surface area (Å²) in [4.78, 5) is 4.63. The monoisotopic (exact) mass is 308 g/mol. The lowest BCUT2D eigenvalue weighted by Gasteiger charge is -2.37. The van der Waals surface area contributed by atoms with E-state index < -0.39 is 0 Å². The van der Waals surface area contributed by atoms with Crippen LogP contribution in [-0.2, 0) is 0 Å². The van der Waals surface area contributed by atoms with Gasteiger partial charge in [-0.05, 0) is 30.3 Å². The van der Waals surface area contributed by atoms with Crippen LogP contribution in [0.25, 0.3) is 10.9 Å². The minimum Gasteiger partial charge on any atom is -0.368 e. The second-order valence-electron chi connectivity index (χ2n) is 5.70. The van der Waals surface area contributed by atoms with Crippen molar-refractivity contribution >= 4 is 22.3 Å². The largest absolute Gasteiger partial charge is 0.368 e. The Hall–Kier alpha value is -2.69. The molecule has 1 aliphatic heterocycles. The van der Waals surface area contributed by atoms with Crippen molar-refractivity contribution in [3.8, 4) is 0 Å². The molecule has 1 aromatic heterocycles. The Morgan fingerprint density at radius 2 is 1.52 bits per heavy atom. The fourth-order valence-corrected chi connectivity index (χ4v) is 3.10. The van der Waals surface area contributed by atoms with Gasteiger partial charge < -0.3 is 9.80 Å². The SMILES string of the molecule is Fc1ccc(N2CCN(c3cnnc4ccccc34)CC2)cc1. The molecule has 0 spiro atoms. The molecule has 0 radical (unpaired) electrons. The first-order valence-electron chi connectivity index (χ1n) is 7.77. The van der Waals surface area contributed by atoms with Gasteiger partial charge in [-0.2, -0.15) is 10.2 Å². The quantitative estimate of drug-likeness (QED) is 0.728. The first-order valence-corrected chi connectivity index (χ1v) is 7.77. The Labute approximate surface area is 134 Å². The van der Waals surface area contributed by atoms with E-state index >= 15 is 0 Å². The number of aromatic nitrogens is 2. The van der Waals surface area contributed by atoms with Crippen LogP contribution in [0.2, 0.25) is 0 Å². The van der Waals surface area contributed by atoms with Crippen molar-refractivity contribution in [2.24, 2.45) is 0 Å². The highest BCUT2D eigenvalue weighted by atomic mass is 19.1. The highest BCUT2D eigenvalue weighted by Crippen LogP contribution is 2.26. The number of piperazine rings is 1. The van der Waals surface area contributed by atoms with Gasteiger partial charge in [0.25, 0.3) is 0 Å². The van der Waals surface area contributed by atoms with Crippen molar-refractivity contribution in [1.82, 2.24) is 10.2 Å². The first-order chi connectivity index (χ1) is 11.3. The lowest BCUT2D eigenvalue weighted by Crippen LogP contribution is -2.46. The number of nitrogens with zero attached hydrogens (tertiary/aromatic N) is 4. The number of hydrogen-bond acceptors (Lipinski definition) is 4. The van der Waals surface area contributed by atoms with Crippen LogP contribution in [0.4, 0.5) is 15.8 Å². The van der Waals surface area contributed by atoms with Gasteiger partial charge in [0, 0.05) is 37.3 Å². The van der Waals surface area contributed by atoms with Gasteiger partial charge in [0.2, 0.25) is 0 Å². The summed E-state index contributed by atoms with van der Waals surface area (Å²) in [6, 6.07) is 14.8. The molecular weight excluding hydrogens is 291 g/mol. The Morgan fingerprint density at radius 1 is 0.826 bits per heavy atom. The zero-order chi connectivity index (χ0) is 15.6. The zero-order valence-corrected chi connectivity index (χ0v) is 12.7. The fraction of sp³-hybridized carbons (Fsp3) is 0.222. The number of halogens is 1. The molecule has 0 N–H and O–H groups in total. The van der Waals surface area contributed by atoms with Crippen LogP contribution < -0.4 is 9.80 Å². The van der Waals surface area contributed by atoms with Crippen LogP contribution in [0.3, 0.4) is 0 Å². The molecule has 23 heavy (non-hydrogen) atoms. The van der Waals surface area contributed by atoms with E-state index in [0.29, 0.717) is 0 Å². The lowest BCUT2D eigenvalue weighted by atomic mass is 10.1. The highest BCUT2D eigenvalue weighted by molar-refractivity contribution is 5.90. The summed E-state index contributed by atoms with van der Waals surface area (Å²) in [6.07, 6.45) is 1.84. The van der Waals surface area contributed by atoms with E-state index in [9.17, 15) is 4.39 Å². The zero-order valence-electron chi connectivity index (χ0n) is 12.7. The molecule has 0 atom stereocenters. The van der Waals surface area contributed by atoms with Gasteiger partial charge >= 0.3 is 0 Å². The average Bonchev–Trinajstić information content (AvgIpc) is 2.62. The van der Waals surface area contributed by atoms with Crippen molar-refractivity contribution in [3.63, 3.8) is 0 Å². The van der Waals surface area contributed by atoms with Gasteiger partial charge in [-0.3, -0.25) is 0 Å². The summed E-state index contributed by atoms with van der Waals surface area (Å²) in [7, 11) is 0. The molecule has 0 bridgehead atoms. The van der Waals surface area contributed by atoms with Crippen LogP contribution in [0.15, 0.2) is 54.7 Å². The summed E-state index contributed by atoms with van der Waals surface area (Å²) >= 11 is 0. The van der Waals surface area contributed by atoms with Gasteiger partial charge in [0.05, 0.1) is 17.4 Å². The molecule has 4 nitrogen and oxygen atoms in total. The third kappa shape index (κ3) is 2.70. The molecular formula is C18H17FN4. The summed E-state index contributed by atoms with van der Waals surface area (Å²) < 4.78 is 13.0. The van der Waals surface area contributed by atoms with E-state index in [1.807, 2.05) is 36.5 Å². The smallest absolute Gasteiger partial charge is 0.123 e. The molecule has 0 aliphatic carbocycles. The minimum atomic E-state index is -0.193. The molecule has 0 saturated carbocycles. The van der Waals surface area contributed by atoms with E-state index in [0.717, 1.165) is 48.5 Å². The molecule has 0 unspecified atom stereocenters. The Morgan fingerprint density at radius 3 is 2.30 bits per heavy atom. The third-order valence-electron chi connectivity index (χ3n) is 4.34. The molecule has 2 aromatic carbocycles. The molecule has 0 amide bonds. The molecule has 4 rings (SSSR count). The van der Waals surface area contributed by atoms with E-state index in [2.05, 4.69) is 26.1 Å². The Kier molecular flexibility index (Phi) is 3.54.